The minimum atomic E-state index is 0.830. The Bertz CT molecular complexity index is 520. The van der Waals surface area contributed by atoms with Crippen LogP contribution in [0.25, 0.3) is 0 Å². The summed E-state index contributed by atoms with van der Waals surface area (Å²) in [4.78, 5) is 4.02. The van der Waals surface area contributed by atoms with Crippen LogP contribution in [0, 0.1) is 0 Å². The van der Waals surface area contributed by atoms with Crippen LogP contribution < -0.4 is 0 Å². The predicted octanol–water partition coefficient (Wildman–Crippen LogP) is 3.96. The van der Waals surface area contributed by atoms with Gasteiger partial charge in [0, 0.05) is 29.5 Å². The third kappa shape index (κ3) is 2.54. The molecular formula is C14H14ClNS. The maximum Gasteiger partial charge on any atom is 0.0409 e. The van der Waals surface area contributed by atoms with Crippen LogP contribution >= 0.6 is 22.9 Å². The van der Waals surface area contributed by atoms with E-state index in [1.54, 1.807) is 0 Å². The van der Waals surface area contributed by atoms with Crippen molar-refractivity contribution in [2.45, 2.75) is 19.5 Å². The van der Waals surface area contributed by atoms with Gasteiger partial charge in [0.15, 0.2) is 0 Å². The first kappa shape index (κ1) is 11.3. The monoisotopic (exact) mass is 263 g/mol. The maximum absolute atomic E-state index is 6.01. The van der Waals surface area contributed by atoms with E-state index in [9.17, 15) is 0 Å². The van der Waals surface area contributed by atoms with Gasteiger partial charge in [0.25, 0.3) is 0 Å². The molecule has 1 aliphatic rings. The van der Waals surface area contributed by atoms with Crippen molar-refractivity contribution in [3.05, 3.63) is 56.7 Å². The van der Waals surface area contributed by atoms with Gasteiger partial charge in [-0.15, -0.1) is 11.3 Å². The van der Waals surface area contributed by atoms with E-state index in [0.717, 1.165) is 24.7 Å². The Kier molecular flexibility index (Phi) is 3.19. The van der Waals surface area contributed by atoms with Crippen LogP contribution in [0.5, 0.6) is 0 Å². The Morgan fingerprint density at radius 2 is 2.24 bits per heavy atom. The van der Waals surface area contributed by atoms with Gasteiger partial charge in [-0.25, -0.2) is 0 Å². The fraction of sp³-hybridized carbons (Fsp3) is 0.286. The second-order valence-corrected chi connectivity index (χ2v) is 5.90. The van der Waals surface area contributed by atoms with Crippen LogP contribution in [0.2, 0.25) is 5.02 Å². The second-order valence-electron chi connectivity index (χ2n) is 4.46. The van der Waals surface area contributed by atoms with Gasteiger partial charge in [0.2, 0.25) is 0 Å². The van der Waals surface area contributed by atoms with E-state index in [1.807, 2.05) is 23.5 Å². The molecule has 0 bridgehead atoms. The summed E-state index contributed by atoms with van der Waals surface area (Å²) in [6.07, 6.45) is 1.18. The van der Waals surface area contributed by atoms with Gasteiger partial charge < -0.3 is 0 Å². The number of fused-ring (bicyclic) bond motifs is 1. The van der Waals surface area contributed by atoms with Crippen molar-refractivity contribution in [2.75, 3.05) is 6.54 Å². The molecule has 0 unspecified atom stereocenters. The molecule has 1 aliphatic heterocycles. The number of halogens is 1. The molecule has 0 aliphatic carbocycles. The van der Waals surface area contributed by atoms with Crippen LogP contribution in [0.15, 0.2) is 35.7 Å². The molecule has 1 aromatic heterocycles. The summed E-state index contributed by atoms with van der Waals surface area (Å²) in [6, 6.07) is 10.4. The zero-order valence-corrected chi connectivity index (χ0v) is 11.1. The molecular weight excluding hydrogens is 250 g/mol. The lowest BCUT2D eigenvalue weighted by Gasteiger charge is -2.26. The average molecular weight is 264 g/mol. The highest BCUT2D eigenvalue weighted by molar-refractivity contribution is 7.10. The Labute approximate surface area is 111 Å². The molecule has 1 aromatic carbocycles. The van der Waals surface area contributed by atoms with Crippen LogP contribution in [0.3, 0.4) is 0 Å². The lowest BCUT2D eigenvalue weighted by Crippen LogP contribution is -2.28. The summed E-state index contributed by atoms with van der Waals surface area (Å²) in [7, 11) is 0. The van der Waals surface area contributed by atoms with Crippen LogP contribution in [0.1, 0.15) is 16.0 Å². The van der Waals surface area contributed by atoms with Crippen LogP contribution in [-0.2, 0) is 19.5 Å². The maximum atomic E-state index is 6.01. The zero-order chi connectivity index (χ0) is 11.7. The molecule has 3 heteroatoms. The fourth-order valence-electron chi connectivity index (χ4n) is 2.32. The van der Waals surface area contributed by atoms with Gasteiger partial charge in [-0.3, -0.25) is 4.90 Å². The standard InChI is InChI=1S/C14H14ClNS/c15-13-3-1-2-11(8-13)9-16-6-4-12-5-7-17-14(12)10-16/h1-3,5,7-8H,4,6,9-10H2. The molecule has 0 saturated carbocycles. The van der Waals surface area contributed by atoms with E-state index in [0.29, 0.717) is 0 Å². The number of hydrogen-bond acceptors (Lipinski definition) is 2. The quantitative estimate of drug-likeness (QED) is 0.793. The normalized spacial score (nSPS) is 15.8. The summed E-state index contributed by atoms with van der Waals surface area (Å²) in [6.45, 7) is 3.23. The van der Waals surface area contributed by atoms with Gasteiger partial charge in [-0.05, 0) is 41.1 Å². The van der Waals surface area contributed by atoms with Crippen molar-refractivity contribution < 1.29 is 0 Å². The Balaban J connectivity index is 1.72. The van der Waals surface area contributed by atoms with Gasteiger partial charge in [0.1, 0.15) is 0 Å². The summed E-state index contributed by atoms with van der Waals surface area (Å²) < 4.78 is 0. The van der Waals surface area contributed by atoms with Crippen molar-refractivity contribution in [3.8, 4) is 0 Å². The van der Waals surface area contributed by atoms with Crippen molar-refractivity contribution in [1.29, 1.82) is 0 Å². The van der Waals surface area contributed by atoms with E-state index in [-0.39, 0.29) is 0 Å². The topological polar surface area (TPSA) is 3.24 Å². The molecule has 88 valence electrons. The molecule has 2 aromatic rings. The van der Waals surface area contributed by atoms with Gasteiger partial charge in [-0.2, -0.15) is 0 Å². The Morgan fingerprint density at radius 3 is 3.12 bits per heavy atom. The number of benzene rings is 1. The fourth-order valence-corrected chi connectivity index (χ4v) is 3.51. The van der Waals surface area contributed by atoms with Crippen LogP contribution in [-0.4, -0.2) is 11.4 Å². The molecule has 3 rings (SSSR count). The van der Waals surface area contributed by atoms with E-state index in [4.69, 9.17) is 11.6 Å². The highest BCUT2D eigenvalue weighted by atomic mass is 35.5. The van der Waals surface area contributed by atoms with Crippen molar-refractivity contribution in [2.24, 2.45) is 0 Å². The lowest BCUT2D eigenvalue weighted by molar-refractivity contribution is 0.249. The Morgan fingerprint density at radius 1 is 1.29 bits per heavy atom. The average Bonchev–Trinajstić information content (AvgIpc) is 2.76. The summed E-state index contributed by atoms with van der Waals surface area (Å²) in [5.41, 5.74) is 2.84. The first-order chi connectivity index (χ1) is 8.31. The molecule has 0 radical (unpaired) electrons. The summed E-state index contributed by atoms with van der Waals surface area (Å²) >= 11 is 7.88. The molecule has 2 heterocycles. The third-order valence-corrected chi connectivity index (χ3v) is 4.38. The first-order valence-corrected chi connectivity index (χ1v) is 7.09. The predicted molar refractivity (Wildman–Crippen MR) is 73.6 cm³/mol. The molecule has 0 N–H and O–H groups in total. The number of thiophene rings is 1. The van der Waals surface area contributed by atoms with E-state index in [1.165, 1.54) is 22.4 Å². The highest BCUT2D eigenvalue weighted by Crippen LogP contribution is 2.25. The Hall–Kier alpha value is -0.830. The van der Waals surface area contributed by atoms with Crippen molar-refractivity contribution in [3.63, 3.8) is 0 Å². The van der Waals surface area contributed by atoms with E-state index >= 15 is 0 Å². The lowest BCUT2D eigenvalue weighted by atomic mass is 10.1. The SMILES string of the molecule is Clc1cccc(CN2CCc3ccsc3C2)c1. The van der Waals surface area contributed by atoms with Crippen molar-refractivity contribution in [1.82, 2.24) is 4.90 Å². The molecule has 0 spiro atoms. The molecule has 0 atom stereocenters. The van der Waals surface area contributed by atoms with Gasteiger partial charge >= 0.3 is 0 Å². The zero-order valence-electron chi connectivity index (χ0n) is 9.53. The van der Waals surface area contributed by atoms with Gasteiger partial charge in [-0.1, -0.05) is 23.7 Å². The molecule has 0 fully saturated rings. The summed E-state index contributed by atoms with van der Waals surface area (Å²) in [5, 5.41) is 3.03. The number of nitrogens with zero attached hydrogens (tertiary/aromatic N) is 1. The smallest absolute Gasteiger partial charge is 0.0409 e. The third-order valence-electron chi connectivity index (χ3n) is 3.20. The number of hydrogen-bond donors (Lipinski definition) is 0. The van der Waals surface area contributed by atoms with E-state index in [2.05, 4.69) is 28.5 Å². The van der Waals surface area contributed by atoms with Gasteiger partial charge in [0.05, 0.1) is 0 Å². The minimum absolute atomic E-state index is 0.830. The van der Waals surface area contributed by atoms with Crippen LogP contribution in [0.4, 0.5) is 0 Å². The summed E-state index contributed by atoms with van der Waals surface area (Å²) in [5.74, 6) is 0. The molecule has 17 heavy (non-hydrogen) atoms. The highest BCUT2D eigenvalue weighted by Gasteiger charge is 2.16. The molecule has 1 nitrogen and oxygen atoms in total. The van der Waals surface area contributed by atoms with E-state index < -0.39 is 0 Å². The largest absolute Gasteiger partial charge is 0.294 e. The van der Waals surface area contributed by atoms with Crippen molar-refractivity contribution >= 4 is 22.9 Å². The number of rotatable bonds is 2. The minimum Gasteiger partial charge on any atom is -0.294 e. The molecule has 0 amide bonds. The first-order valence-electron chi connectivity index (χ1n) is 5.83. The second kappa shape index (κ2) is 4.81. The molecule has 0 saturated heterocycles.